The molecular weight excluding hydrogens is 374 g/mol. The van der Waals surface area contributed by atoms with Crippen molar-refractivity contribution in [2.75, 3.05) is 24.6 Å². The van der Waals surface area contributed by atoms with E-state index in [1.807, 2.05) is 0 Å². The quantitative estimate of drug-likeness (QED) is 0.154. The van der Waals surface area contributed by atoms with E-state index in [0.717, 1.165) is 0 Å². The molecule has 0 amide bonds. The van der Waals surface area contributed by atoms with Crippen LogP contribution in [0.2, 0.25) is 0 Å². The maximum absolute atomic E-state index is 3.06. The molecule has 0 saturated heterocycles. The zero-order valence-corrected chi connectivity index (χ0v) is 17.8. The fourth-order valence-electron chi connectivity index (χ4n) is 3.50. The predicted octanol–water partition coefficient (Wildman–Crippen LogP) is 7.87. The first-order valence-electron chi connectivity index (χ1n) is 9.26. The molecule has 0 fully saturated rings. The number of hydrogen-bond acceptors (Lipinski definition) is 0. The van der Waals surface area contributed by atoms with Crippen LogP contribution in [-0.2, 0) is 0 Å². The van der Waals surface area contributed by atoms with Gasteiger partial charge in [0.25, 0.3) is 0 Å². The number of halogens is 1. The predicted molar refractivity (Wildman–Crippen MR) is 109 cm³/mol. The average Bonchev–Trinajstić information content (AvgIpc) is 2.40. The van der Waals surface area contributed by atoms with Crippen LogP contribution < -0.4 is 0 Å². The summed E-state index contributed by atoms with van der Waals surface area (Å²) in [7, 11) is 0. The summed E-state index contributed by atoms with van der Waals surface area (Å²) in [6, 6.07) is 0. The second kappa shape index (κ2) is 11.7. The molecule has 0 aliphatic carbocycles. The molecule has 0 atom stereocenters. The maximum atomic E-state index is 3.06. The van der Waals surface area contributed by atoms with Crippen LogP contribution in [0.3, 0.4) is 0 Å². The molecule has 20 heavy (non-hydrogen) atoms. The van der Waals surface area contributed by atoms with Gasteiger partial charge in [-0.25, -0.2) is 0 Å². The molecule has 0 N–H and O–H groups in total. The van der Waals surface area contributed by atoms with E-state index in [2.05, 4.69) is 49.7 Å². The molecule has 0 aliphatic heterocycles. The van der Waals surface area contributed by atoms with E-state index in [4.69, 9.17) is 0 Å². The van der Waals surface area contributed by atoms with Gasteiger partial charge in [0.1, 0.15) is 0 Å². The molecule has 0 aromatic carbocycles. The first-order chi connectivity index (χ1) is 9.54. The van der Waals surface area contributed by atoms with E-state index < -0.39 is 4.25 Å². The molecule has 124 valence electrons. The Bertz CT molecular complexity index is 198. The van der Waals surface area contributed by atoms with E-state index in [-0.39, 0.29) is 0 Å². The first-order valence-corrected chi connectivity index (χ1v) is 15.0. The van der Waals surface area contributed by atoms with E-state index in [9.17, 15) is 0 Å². The summed E-state index contributed by atoms with van der Waals surface area (Å²) in [6.07, 6.45) is 20.7. The molecule has 0 aromatic rings. The van der Waals surface area contributed by atoms with Gasteiger partial charge in [-0.3, -0.25) is 0 Å². The Morgan fingerprint density at radius 2 is 0.850 bits per heavy atom. The molecule has 2 heteroatoms. The number of rotatable bonds is 14. The van der Waals surface area contributed by atoms with Crippen molar-refractivity contribution in [3.8, 4) is 0 Å². The Labute approximate surface area is 142 Å². The molecule has 0 rings (SSSR count). The Hall–Kier alpha value is 1.16. The fraction of sp³-hybridized carbons (Fsp3) is 1.00. The van der Waals surface area contributed by atoms with Crippen molar-refractivity contribution in [3.63, 3.8) is 0 Å². The molecule has 0 saturated carbocycles. The third-order valence-corrected chi connectivity index (χ3v) is 16.4. The minimum atomic E-state index is -1.42. The van der Waals surface area contributed by atoms with Gasteiger partial charge in [0.05, 0.1) is 0 Å². The van der Waals surface area contributed by atoms with Crippen molar-refractivity contribution in [1.82, 2.24) is 0 Å². The van der Waals surface area contributed by atoms with Crippen LogP contribution in [-0.4, -0.2) is 24.6 Å². The average molecular weight is 414 g/mol. The summed E-state index contributed by atoms with van der Waals surface area (Å²) in [5, 5.41) is 0. The van der Waals surface area contributed by atoms with Crippen LogP contribution in [0.5, 0.6) is 0 Å². The fourth-order valence-corrected chi connectivity index (χ4v) is 13.5. The second-order valence-corrected chi connectivity index (χ2v) is 20.5. The zero-order valence-electron chi connectivity index (χ0n) is 14.7. The van der Waals surface area contributed by atoms with Crippen molar-refractivity contribution in [2.24, 2.45) is 0 Å². The monoisotopic (exact) mass is 414 g/mol. The molecule has 0 spiro atoms. The first kappa shape index (κ1) is 21.2. The molecule has 0 bridgehead atoms. The minimum absolute atomic E-state index is 1.37. The summed E-state index contributed by atoms with van der Waals surface area (Å²) >= 11 is 3.06. The molecule has 0 heterocycles. The van der Waals surface area contributed by atoms with Crippen molar-refractivity contribution < 1.29 is 0 Å². The van der Waals surface area contributed by atoms with E-state index in [1.165, 1.54) is 64.2 Å². The normalized spacial score (nSPS) is 14.2. The Balaban J connectivity index is 4.76. The van der Waals surface area contributed by atoms with Crippen molar-refractivity contribution >= 4 is 26.3 Å². The van der Waals surface area contributed by atoms with Crippen molar-refractivity contribution in [1.29, 1.82) is 0 Å². The molecule has 0 nitrogen and oxygen atoms in total. The SMILES string of the molecule is CCCCCP(I)(CCC)(CCCCC)CCCCC. The summed E-state index contributed by atoms with van der Waals surface area (Å²) in [4.78, 5) is 0. The van der Waals surface area contributed by atoms with Gasteiger partial charge < -0.3 is 0 Å². The van der Waals surface area contributed by atoms with Crippen LogP contribution in [0, 0.1) is 0 Å². The summed E-state index contributed by atoms with van der Waals surface area (Å²) < 4.78 is -1.42. The summed E-state index contributed by atoms with van der Waals surface area (Å²) in [5.74, 6) is 0. The standard InChI is InChI=1S/C18H40IP/c1-5-9-12-16-20(19,15-8-4,17-13-10-6-2)18-14-11-7-3/h5-18H2,1-4H3. The summed E-state index contributed by atoms with van der Waals surface area (Å²) in [5.41, 5.74) is 0. The molecule has 0 aliphatic rings. The van der Waals surface area contributed by atoms with Crippen molar-refractivity contribution in [2.45, 2.75) is 91.9 Å². The van der Waals surface area contributed by atoms with Gasteiger partial charge in [-0.15, -0.1) is 0 Å². The van der Waals surface area contributed by atoms with Gasteiger partial charge in [-0.1, -0.05) is 0 Å². The third kappa shape index (κ3) is 8.57. The van der Waals surface area contributed by atoms with Gasteiger partial charge in [-0.05, 0) is 0 Å². The Morgan fingerprint density at radius 3 is 1.10 bits per heavy atom. The van der Waals surface area contributed by atoms with E-state index in [1.54, 1.807) is 24.6 Å². The topological polar surface area (TPSA) is 0 Å². The molecular formula is C18H40IP. The van der Waals surface area contributed by atoms with Crippen molar-refractivity contribution in [3.05, 3.63) is 0 Å². The second-order valence-electron chi connectivity index (χ2n) is 6.84. The Kier molecular flexibility index (Phi) is 12.4. The molecule has 0 unspecified atom stereocenters. The zero-order chi connectivity index (χ0) is 15.3. The van der Waals surface area contributed by atoms with Crippen LogP contribution in [0.15, 0.2) is 0 Å². The van der Waals surface area contributed by atoms with Crippen LogP contribution >= 0.6 is 26.3 Å². The molecule has 0 radical (unpaired) electrons. The van der Waals surface area contributed by atoms with Gasteiger partial charge in [-0.2, -0.15) is 0 Å². The third-order valence-electron chi connectivity index (χ3n) is 4.74. The summed E-state index contributed by atoms with van der Waals surface area (Å²) in [6.45, 7) is 9.45. The van der Waals surface area contributed by atoms with Gasteiger partial charge in [0.2, 0.25) is 0 Å². The van der Waals surface area contributed by atoms with E-state index >= 15 is 0 Å². The van der Waals surface area contributed by atoms with Gasteiger partial charge in [0.15, 0.2) is 0 Å². The molecule has 0 aromatic heterocycles. The van der Waals surface area contributed by atoms with Gasteiger partial charge >= 0.3 is 143 Å². The van der Waals surface area contributed by atoms with Crippen LogP contribution in [0.1, 0.15) is 91.9 Å². The van der Waals surface area contributed by atoms with E-state index in [0.29, 0.717) is 0 Å². The number of hydrogen-bond donors (Lipinski definition) is 0. The number of unbranched alkanes of at least 4 members (excludes halogenated alkanes) is 6. The van der Waals surface area contributed by atoms with Crippen LogP contribution in [0.25, 0.3) is 0 Å². The van der Waals surface area contributed by atoms with Gasteiger partial charge in [0, 0.05) is 0 Å². The Morgan fingerprint density at radius 1 is 0.500 bits per heavy atom. The van der Waals surface area contributed by atoms with Crippen LogP contribution in [0.4, 0.5) is 0 Å².